The summed E-state index contributed by atoms with van der Waals surface area (Å²) >= 11 is 1.45. The number of carbonyl (C=O) groups excluding carboxylic acids is 1. The molecule has 2 rings (SSSR count). The van der Waals surface area contributed by atoms with Gasteiger partial charge in [0.15, 0.2) is 6.29 Å². The maximum absolute atomic E-state index is 9.88. The molecule has 0 amide bonds. The van der Waals surface area contributed by atoms with Gasteiger partial charge in [0.25, 0.3) is 0 Å². The molecule has 0 saturated heterocycles. The fourth-order valence-electron chi connectivity index (χ4n) is 0.573. The van der Waals surface area contributed by atoms with E-state index in [0.717, 1.165) is 11.2 Å². The molecule has 0 aromatic carbocycles. The van der Waals surface area contributed by atoms with E-state index in [1.807, 2.05) is 11.4 Å². The molecular formula is C8H8N2OS. The van der Waals surface area contributed by atoms with Gasteiger partial charge in [0.05, 0.1) is 11.2 Å². The van der Waals surface area contributed by atoms with E-state index < -0.39 is 0 Å². The number of hydrogen-bond donors (Lipinski definition) is 1. The van der Waals surface area contributed by atoms with Gasteiger partial charge in [-0.05, 0) is 11.4 Å². The lowest BCUT2D eigenvalue weighted by molar-refractivity contribution is 0.112. The Morgan fingerprint density at radius 3 is 2.75 bits per heavy atom. The molecule has 0 aliphatic carbocycles. The maximum Gasteiger partial charge on any atom is 0.159 e. The second kappa shape index (κ2) is 5.26. The minimum absolute atomic E-state index is 0.792. The van der Waals surface area contributed by atoms with Crippen molar-refractivity contribution in [3.63, 3.8) is 0 Å². The number of imidazole rings is 1. The summed E-state index contributed by atoms with van der Waals surface area (Å²) in [6, 6.07) is 3.64. The lowest BCUT2D eigenvalue weighted by Crippen LogP contribution is -1.61. The normalized spacial score (nSPS) is 8.33. The molecule has 0 bridgehead atoms. The molecule has 12 heavy (non-hydrogen) atoms. The maximum atomic E-state index is 9.88. The van der Waals surface area contributed by atoms with Gasteiger partial charge in [-0.15, -0.1) is 11.3 Å². The zero-order valence-electron chi connectivity index (χ0n) is 6.31. The van der Waals surface area contributed by atoms with Crippen molar-refractivity contribution in [3.8, 4) is 0 Å². The van der Waals surface area contributed by atoms with Crippen molar-refractivity contribution in [1.29, 1.82) is 0 Å². The molecule has 2 heterocycles. The molecule has 0 atom stereocenters. The Labute approximate surface area is 74.1 Å². The molecule has 4 heteroatoms. The van der Waals surface area contributed by atoms with E-state index in [9.17, 15) is 4.79 Å². The number of aromatic nitrogens is 2. The number of rotatable bonds is 1. The zero-order valence-corrected chi connectivity index (χ0v) is 7.12. The van der Waals surface area contributed by atoms with E-state index >= 15 is 0 Å². The van der Waals surface area contributed by atoms with Gasteiger partial charge in [-0.3, -0.25) is 4.79 Å². The Hall–Kier alpha value is -1.42. The molecule has 2 aromatic rings. The first-order valence-electron chi connectivity index (χ1n) is 3.35. The molecule has 0 spiro atoms. The highest BCUT2D eigenvalue weighted by atomic mass is 32.1. The fourth-order valence-corrected chi connectivity index (χ4v) is 1.10. The van der Waals surface area contributed by atoms with Crippen LogP contribution in [0.4, 0.5) is 0 Å². The first-order valence-corrected chi connectivity index (χ1v) is 4.23. The van der Waals surface area contributed by atoms with E-state index in [2.05, 4.69) is 9.97 Å². The average Bonchev–Trinajstić information content (AvgIpc) is 2.81. The van der Waals surface area contributed by atoms with Gasteiger partial charge < -0.3 is 4.98 Å². The largest absolute Gasteiger partial charge is 0.351 e. The molecule has 0 saturated carbocycles. The van der Waals surface area contributed by atoms with Gasteiger partial charge in [0, 0.05) is 12.4 Å². The molecule has 0 radical (unpaired) electrons. The Morgan fingerprint density at radius 1 is 1.58 bits per heavy atom. The van der Waals surface area contributed by atoms with E-state index in [1.165, 1.54) is 11.3 Å². The van der Waals surface area contributed by atoms with Gasteiger partial charge in [-0.2, -0.15) is 0 Å². The van der Waals surface area contributed by atoms with Crippen molar-refractivity contribution in [2.75, 3.05) is 0 Å². The van der Waals surface area contributed by atoms with E-state index in [1.54, 1.807) is 24.8 Å². The van der Waals surface area contributed by atoms with Crippen LogP contribution in [-0.4, -0.2) is 16.3 Å². The van der Waals surface area contributed by atoms with Crippen LogP contribution >= 0.6 is 11.3 Å². The highest BCUT2D eigenvalue weighted by Crippen LogP contribution is 2.03. The Bertz CT molecular complexity index is 271. The smallest absolute Gasteiger partial charge is 0.159 e. The first kappa shape index (κ1) is 8.67. The third kappa shape index (κ3) is 3.12. The predicted molar refractivity (Wildman–Crippen MR) is 48.3 cm³/mol. The van der Waals surface area contributed by atoms with Crippen LogP contribution in [0.25, 0.3) is 0 Å². The lowest BCUT2D eigenvalue weighted by Gasteiger charge is -1.66. The minimum Gasteiger partial charge on any atom is -0.351 e. The van der Waals surface area contributed by atoms with Crippen LogP contribution in [0.3, 0.4) is 0 Å². The summed E-state index contributed by atoms with van der Waals surface area (Å²) < 4.78 is 0. The Morgan fingerprint density at radius 2 is 2.50 bits per heavy atom. The van der Waals surface area contributed by atoms with Gasteiger partial charge in [-0.25, -0.2) is 4.98 Å². The van der Waals surface area contributed by atoms with Crippen LogP contribution in [0.5, 0.6) is 0 Å². The predicted octanol–water partition coefficient (Wildman–Crippen LogP) is 1.97. The van der Waals surface area contributed by atoms with E-state index in [0.29, 0.717) is 0 Å². The van der Waals surface area contributed by atoms with Gasteiger partial charge in [0.1, 0.15) is 0 Å². The van der Waals surface area contributed by atoms with Crippen molar-refractivity contribution in [2.45, 2.75) is 0 Å². The Balaban J connectivity index is 0.000000127. The van der Waals surface area contributed by atoms with Crippen LogP contribution in [0.2, 0.25) is 0 Å². The second-order valence-electron chi connectivity index (χ2n) is 1.89. The second-order valence-corrected chi connectivity index (χ2v) is 2.87. The molecule has 0 fully saturated rings. The molecule has 2 aromatic heterocycles. The van der Waals surface area contributed by atoms with Crippen LogP contribution in [0.1, 0.15) is 9.67 Å². The number of aromatic amines is 1. The molecule has 1 N–H and O–H groups in total. The molecule has 0 aliphatic rings. The monoisotopic (exact) mass is 180 g/mol. The SMILES string of the molecule is O=Cc1cccs1.c1c[nH]cn1. The third-order valence-electron chi connectivity index (χ3n) is 1.07. The number of aldehydes is 1. The summed E-state index contributed by atoms with van der Waals surface area (Å²) in [4.78, 5) is 17.1. The number of nitrogens with zero attached hydrogens (tertiary/aromatic N) is 1. The van der Waals surface area contributed by atoms with E-state index in [4.69, 9.17) is 0 Å². The number of hydrogen-bond acceptors (Lipinski definition) is 3. The molecular weight excluding hydrogens is 172 g/mol. The standard InChI is InChI=1S/C5H4OS.C3H4N2/c6-4-5-2-1-3-7-5;1-2-5-3-4-1/h1-4H;1-3H,(H,4,5). The summed E-state index contributed by atoms with van der Waals surface area (Å²) in [6.07, 6.45) is 5.94. The van der Waals surface area contributed by atoms with Crippen molar-refractivity contribution < 1.29 is 4.79 Å². The summed E-state index contributed by atoms with van der Waals surface area (Å²) in [6.45, 7) is 0. The number of nitrogens with one attached hydrogen (secondary N) is 1. The number of carbonyl (C=O) groups is 1. The quantitative estimate of drug-likeness (QED) is 0.682. The minimum atomic E-state index is 0.792. The van der Waals surface area contributed by atoms with E-state index in [-0.39, 0.29) is 0 Å². The first-order chi connectivity index (χ1) is 5.93. The van der Waals surface area contributed by atoms with Crippen LogP contribution in [0.15, 0.2) is 36.2 Å². The molecule has 62 valence electrons. The molecule has 0 aliphatic heterocycles. The molecule has 0 unspecified atom stereocenters. The van der Waals surface area contributed by atoms with Crippen LogP contribution in [-0.2, 0) is 0 Å². The average molecular weight is 180 g/mol. The lowest BCUT2D eigenvalue weighted by atomic mass is 10.5. The highest BCUT2D eigenvalue weighted by Gasteiger charge is 1.82. The molecule has 3 nitrogen and oxygen atoms in total. The Kier molecular flexibility index (Phi) is 3.80. The topological polar surface area (TPSA) is 45.8 Å². The van der Waals surface area contributed by atoms with Gasteiger partial charge >= 0.3 is 0 Å². The van der Waals surface area contributed by atoms with Crippen LogP contribution in [0, 0.1) is 0 Å². The van der Waals surface area contributed by atoms with Crippen molar-refractivity contribution >= 4 is 17.6 Å². The van der Waals surface area contributed by atoms with Crippen molar-refractivity contribution in [1.82, 2.24) is 9.97 Å². The van der Waals surface area contributed by atoms with Gasteiger partial charge in [-0.1, -0.05) is 6.07 Å². The highest BCUT2D eigenvalue weighted by molar-refractivity contribution is 7.11. The summed E-state index contributed by atoms with van der Waals surface area (Å²) in [5, 5.41) is 1.88. The summed E-state index contributed by atoms with van der Waals surface area (Å²) in [7, 11) is 0. The van der Waals surface area contributed by atoms with Crippen molar-refractivity contribution in [3.05, 3.63) is 41.1 Å². The number of thiophene rings is 1. The third-order valence-corrected chi connectivity index (χ3v) is 1.86. The fraction of sp³-hybridized carbons (Fsp3) is 0. The van der Waals surface area contributed by atoms with Crippen LogP contribution < -0.4 is 0 Å². The number of H-pyrrole nitrogens is 1. The van der Waals surface area contributed by atoms with Gasteiger partial charge in [0.2, 0.25) is 0 Å². The summed E-state index contributed by atoms with van der Waals surface area (Å²) in [5.74, 6) is 0. The van der Waals surface area contributed by atoms with Crippen molar-refractivity contribution in [2.24, 2.45) is 0 Å². The summed E-state index contributed by atoms with van der Waals surface area (Å²) in [5.41, 5.74) is 0. The zero-order chi connectivity index (χ0) is 8.65.